The maximum absolute atomic E-state index is 12.2. The maximum atomic E-state index is 12.2. The molecule has 1 amide bonds. The molecule has 156 valence electrons. The molecule has 1 heterocycles. The number of thioether (sulfide) groups is 1. The quantitative estimate of drug-likeness (QED) is 0.315. The zero-order valence-electron chi connectivity index (χ0n) is 16.2. The van der Waals surface area contributed by atoms with Gasteiger partial charge < -0.3 is 14.6 Å². The molecule has 30 heavy (non-hydrogen) atoms. The number of nitrogens with zero attached hydrogens (tertiary/aromatic N) is 4. The van der Waals surface area contributed by atoms with Gasteiger partial charge in [-0.1, -0.05) is 41.6 Å². The third-order valence-corrected chi connectivity index (χ3v) is 5.47. The van der Waals surface area contributed by atoms with E-state index in [4.69, 9.17) is 16.3 Å². The Balaban J connectivity index is 1.56. The van der Waals surface area contributed by atoms with Crippen LogP contribution in [0.4, 0.5) is 11.4 Å². The largest absolute Gasteiger partial charge is 0.485 e. The molecule has 0 spiro atoms. The number of anilines is 1. The minimum atomic E-state index is -0.604. The molecule has 0 fully saturated rings. The van der Waals surface area contributed by atoms with Gasteiger partial charge in [0.1, 0.15) is 17.4 Å². The van der Waals surface area contributed by atoms with E-state index in [-0.39, 0.29) is 29.0 Å². The minimum Gasteiger partial charge on any atom is -0.485 e. The number of benzene rings is 2. The van der Waals surface area contributed by atoms with Gasteiger partial charge in [0.25, 0.3) is 5.69 Å². The summed E-state index contributed by atoms with van der Waals surface area (Å²) in [4.78, 5) is 22.5. The second-order valence-corrected chi connectivity index (χ2v) is 7.62. The second kappa shape index (κ2) is 9.59. The number of para-hydroxylation sites is 1. The highest BCUT2D eigenvalue weighted by molar-refractivity contribution is 7.99. The van der Waals surface area contributed by atoms with Crippen molar-refractivity contribution in [3.8, 4) is 5.75 Å². The first-order valence-electron chi connectivity index (χ1n) is 8.78. The number of nitrogens with one attached hydrogen (secondary N) is 1. The van der Waals surface area contributed by atoms with Crippen LogP contribution in [0, 0.1) is 17.0 Å². The molecule has 0 aliphatic carbocycles. The molecule has 11 heteroatoms. The molecule has 9 nitrogen and oxygen atoms in total. The van der Waals surface area contributed by atoms with E-state index in [1.165, 1.54) is 30.0 Å². The molecule has 3 aromatic rings. The summed E-state index contributed by atoms with van der Waals surface area (Å²) >= 11 is 6.97. The number of hydrogen-bond donors (Lipinski definition) is 1. The standard InChI is InChI=1S/C19H18ClN5O4S/c1-12-5-3-4-6-16(12)29-10-17-22-23-19(24(17)2)30-11-18(26)21-13-7-8-14(20)15(9-13)25(27)28/h3-9H,10-11H2,1-2H3,(H,21,26). The first-order chi connectivity index (χ1) is 14.3. The molecule has 1 N–H and O–H groups in total. The molecule has 2 aromatic carbocycles. The molecule has 0 bridgehead atoms. The van der Waals surface area contributed by atoms with E-state index in [0.29, 0.717) is 16.7 Å². The van der Waals surface area contributed by atoms with E-state index in [1.807, 2.05) is 31.2 Å². The van der Waals surface area contributed by atoms with Gasteiger partial charge in [0.05, 0.1) is 10.7 Å². The highest BCUT2D eigenvalue weighted by Gasteiger charge is 2.15. The summed E-state index contributed by atoms with van der Waals surface area (Å²) in [5.41, 5.74) is 1.05. The Morgan fingerprint density at radius 2 is 2.07 bits per heavy atom. The van der Waals surface area contributed by atoms with E-state index in [1.54, 1.807) is 11.6 Å². The van der Waals surface area contributed by atoms with Crippen molar-refractivity contribution in [3.63, 3.8) is 0 Å². The molecule has 0 aliphatic rings. The third kappa shape index (κ3) is 5.28. The van der Waals surface area contributed by atoms with Gasteiger partial charge in [-0.15, -0.1) is 10.2 Å². The lowest BCUT2D eigenvalue weighted by Gasteiger charge is -2.09. The summed E-state index contributed by atoms with van der Waals surface area (Å²) in [5, 5.41) is 22.3. The first-order valence-corrected chi connectivity index (χ1v) is 10.1. The number of carbonyl (C=O) groups excluding carboxylic acids is 1. The summed E-state index contributed by atoms with van der Waals surface area (Å²) in [7, 11) is 1.79. The molecule has 0 saturated carbocycles. The SMILES string of the molecule is Cc1ccccc1OCc1nnc(SCC(=O)Nc2ccc(Cl)c([N+](=O)[O-])c2)n1C. The van der Waals surface area contributed by atoms with E-state index < -0.39 is 4.92 Å². The first kappa shape index (κ1) is 21.6. The van der Waals surface area contributed by atoms with E-state index in [0.717, 1.165) is 11.3 Å². The third-order valence-electron chi connectivity index (χ3n) is 4.13. The molecule has 0 radical (unpaired) electrons. The Hall–Kier alpha value is -3.11. The number of ether oxygens (including phenoxy) is 1. The van der Waals surface area contributed by atoms with Crippen LogP contribution in [0.25, 0.3) is 0 Å². The number of carbonyl (C=O) groups is 1. The lowest BCUT2D eigenvalue weighted by molar-refractivity contribution is -0.384. The average Bonchev–Trinajstić information content (AvgIpc) is 3.06. The number of aromatic nitrogens is 3. The van der Waals surface area contributed by atoms with E-state index in [2.05, 4.69) is 15.5 Å². The van der Waals surface area contributed by atoms with Gasteiger partial charge in [-0.25, -0.2) is 0 Å². The fourth-order valence-corrected chi connectivity index (χ4v) is 3.43. The summed E-state index contributed by atoms with van der Waals surface area (Å²) in [6, 6.07) is 11.8. The fraction of sp³-hybridized carbons (Fsp3) is 0.211. The van der Waals surface area contributed by atoms with Gasteiger partial charge in [0, 0.05) is 18.8 Å². The van der Waals surface area contributed by atoms with Crippen LogP contribution in [0.3, 0.4) is 0 Å². The van der Waals surface area contributed by atoms with Crippen molar-refractivity contribution in [2.24, 2.45) is 7.05 Å². The molecule has 0 saturated heterocycles. The normalized spacial score (nSPS) is 10.6. The maximum Gasteiger partial charge on any atom is 0.289 e. The van der Waals surface area contributed by atoms with Crippen molar-refractivity contribution < 1.29 is 14.5 Å². The number of hydrogen-bond acceptors (Lipinski definition) is 7. The Bertz CT molecular complexity index is 1090. The smallest absolute Gasteiger partial charge is 0.289 e. The van der Waals surface area contributed by atoms with E-state index in [9.17, 15) is 14.9 Å². The van der Waals surface area contributed by atoms with Gasteiger partial charge in [-0.05, 0) is 30.7 Å². The van der Waals surface area contributed by atoms with Gasteiger partial charge in [-0.2, -0.15) is 0 Å². The topological polar surface area (TPSA) is 112 Å². The molecule has 0 atom stereocenters. The van der Waals surface area contributed by atoms with Crippen LogP contribution >= 0.6 is 23.4 Å². The Morgan fingerprint density at radius 3 is 2.80 bits per heavy atom. The Labute approximate surface area is 181 Å². The summed E-state index contributed by atoms with van der Waals surface area (Å²) in [6.45, 7) is 2.21. The predicted octanol–water partition coefficient (Wildman–Crippen LogP) is 3.99. The number of nitro benzene ring substituents is 1. The van der Waals surface area contributed by atoms with Gasteiger partial charge >= 0.3 is 0 Å². The van der Waals surface area contributed by atoms with Crippen molar-refractivity contribution in [2.45, 2.75) is 18.7 Å². The highest BCUT2D eigenvalue weighted by Crippen LogP contribution is 2.27. The highest BCUT2D eigenvalue weighted by atomic mass is 35.5. The van der Waals surface area contributed by atoms with Gasteiger partial charge in [0.2, 0.25) is 5.91 Å². The van der Waals surface area contributed by atoms with Crippen LogP contribution in [-0.2, 0) is 18.4 Å². The monoisotopic (exact) mass is 447 g/mol. The molecule has 0 unspecified atom stereocenters. The zero-order chi connectivity index (χ0) is 21.7. The van der Waals surface area contributed by atoms with Crippen LogP contribution in [0.15, 0.2) is 47.6 Å². The van der Waals surface area contributed by atoms with Crippen LogP contribution in [0.1, 0.15) is 11.4 Å². The van der Waals surface area contributed by atoms with Crippen molar-refractivity contribution >= 4 is 40.6 Å². The molecular formula is C19H18ClN5O4S. The lowest BCUT2D eigenvalue weighted by Crippen LogP contribution is -2.14. The summed E-state index contributed by atoms with van der Waals surface area (Å²) in [6.07, 6.45) is 0. The zero-order valence-corrected chi connectivity index (χ0v) is 17.7. The lowest BCUT2D eigenvalue weighted by atomic mass is 10.2. The second-order valence-electron chi connectivity index (χ2n) is 6.27. The summed E-state index contributed by atoms with van der Waals surface area (Å²) < 4.78 is 7.54. The number of nitro groups is 1. The van der Waals surface area contributed by atoms with Crippen molar-refractivity contribution in [1.29, 1.82) is 0 Å². The van der Waals surface area contributed by atoms with Crippen molar-refractivity contribution in [3.05, 3.63) is 69.0 Å². The number of aryl methyl sites for hydroxylation is 1. The Kier molecular flexibility index (Phi) is 6.91. The molecule has 1 aromatic heterocycles. The number of amides is 1. The minimum absolute atomic E-state index is 0.00639. The predicted molar refractivity (Wildman–Crippen MR) is 114 cm³/mol. The van der Waals surface area contributed by atoms with Crippen LogP contribution in [0.2, 0.25) is 5.02 Å². The Morgan fingerprint density at radius 1 is 1.30 bits per heavy atom. The van der Waals surface area contributed by atoms with Crippen LogP contribution in [0.5, 0.6) is 5.75 Å². The van der Waals surface area contributed by atoms with E-state index >= 15 is 0 Å². The fourth-order valence-electron chi connectivity index (χ4n) is 2.51. The van der Waals surface area contributed by atoms with Crippen LogP contribution < -0.4 is 10.1 Å². The number of rotatable bonds is 8. The molecular weight excluding hydrogens is 430 g/mol. The average molecular weight is 448 g/mol. The van der Waals surface area contributed by atoms with Crippen molar-refractivity contribution in [2.75, 3.05) is 11.1 Å². The van der Waals surface area contributed by atoms with Crippen molar-refractivity contribution in [1.82, 2.24) is 14.8 Å². The van der Waals surface area contributed by atoms with Gasteiger partial charge in [0.15, 0.2) is 11.0 Å². The molecule has 0 aliphatic heterocycles. The molecule has 3 rings (SSSR count). The number of halogens is 1. The van der Waals surface area contributed by atoms with Gasteiger partial charge in [-0.3, -0.25) is 14.9 Å². The summed E-state index contributed by atoms with van der Waals surface area (Å²) in [5.74, 6) is 1.11. The van der Waals surface area contributed by atoms with Crippen LogP contribution in [-0.4, -0.2) is 31.3 Å².